The van der Waals surface area contributed by atoms with E-state index in [1.165, 1.54) is 4.90 Å². The molecule has 0 spiro atoms. The Kier molecular flexibility index (Phi) is 6.99. The molecule has 0 aliphatic rings. The molecule has 0 aromatic heterocycles. The van der Waals surface area contributed by atoms with Gasteiger partial charge in [0.25, 0.3) is 0 Å². The lowest BCUT2D eigenvalue weighted by molar-refractivity contribution is -0.111. The number of rotatable bonds is 8. The van der Waals surface area contributed by atoms with Gasteiger partial charge in [0.05, 0.1) is 38.7 Å². The summed E-state index contributed by atoms with van der Waals surface area (Å²) in [5.74, 6) is 0. The first-order chi connectivity index (χ1) is 7.15. The Bertz CT molecular complexity index is 150. The van der Waals surface area contributed by atoms with E-state index in [0.717, 1.165) is 0 Å². The van der Waals surface area contributed by atoms with Crippen molar-refractivity contribution >= 4 is 0 Å². The van der Waals surface area contributed by atoms with Gasteiger partial charge in [0.15, 0.2) is 0 Å². The molecule has 0 saturated carbocycles. The van der Waals surface area contributed by atoms with E-state index in [-0.39, 0.29) is 6.61 Å². The van der Waals surface area contributed by atoms with Gasteiger partial charge in [-0.3, -0.25) is 4.90 Å². The molecule has 0 radical (unpaired) electrons. The predicted molar refractivity (Wildman–Crippen MR) is 54.1 cm³/mol. The van der Waals surface area contributed by atoms with Gasteiger partial charge in [-0.05, 0) is 6.42 Å². The Labute approximate surface area is 89.4 Å². The van der Waals surface area contributed by atoms with Crippen LogP contribution in [0.5, 0.6) is 0 Å². The standard InChI is InChI=1S/C9H21NO5/c1-2-8(3-11)10(7-15)9(4-12,5-13)6-14/h8,11-15H,2-7H2,1H3. The van der Waals surface area contributed by atoms with E-state index in [1.807, 2.05) is 0 Å². The minimum absolute atomic E-state index is 0.210. The third-order valence-electron chi connectivity index (χ3n) is 2.77. The summed E-state index contributed by atoms with van der Waals surface area (Å²) in [7, 11) is 0. The number of hydrogen-bond donors (Lipinski definition) is 5. The normalized spacial score (nSPS) is 14.6. The van der Waals surface area contributed by atoms with Crippen LogP contribution in [0.15, 0.2) is 0 Å². The molecule has 1 atom stereocenters. The van der Waals surface area contributed by atoms with Crippen molar-refractivity contribution in [2.75, 3.05) is 33.2 Å². The molecule has 0 fully saturated rings. The van der Waals surface area contributed by atoms with Crippen LogP contribution in [0.25, 0.3) is 0 Å². The summed E-state index contributed by atoms with van der Waals surface area (Å²) in [6, 6.07) is -0.401. The molecule has 0 bridgehead atoms. The van der Waals surface area contributed by atoms with Crippen molar-refractivity contribution in [3.63, 3.8) is 0 Å². The van der Waals surface area contributed by atoms with Crippen LogP contribution < -0.4 is 0 Å². The Morgan fingerprint density at radius 3 is 1.67 bits per heavy atom. The number of hydrogen-bond acceptors (Lipinski definition) is 6. The van der Waals surface area contributed by atoms with Crippen molar-refractivity contribution in [2.24, 2.45) is 0 Å². The third kappa shape index (κ3) is 3.10. The van der Waals surface area contributed by atoms with Gasteiger partial charge in [0.1, 0.15) is 0 Å². The zero-order valence-electron chi connectivity index (χ0n) is 9.00. The van der Waals surface area contributed by atoms with Crippen molar-refractivity contribution in [3.8, 4) is 0 Å². The fourth-order valence-corrected chi connectivity index (χ4v) is 1.52. The van der Waals surface area contributed by atoms with E-state index in [2.05, 4.69) is 0 Å². The first-order valence-corrected chi connectivity index (χ1v) is 4.96. The van der Waals surface area contributed by atoms with Gasteiger partial charge in [0.2, 0.25) is 0 Å². The fourth-order valence-electron chi connectivity index (χ4n) is 1.52. The smallest absolute Gasteiger partial charge is 0.0966 e. The molecule has 15 heavy (non-hydrogen) atoms. The van der Waals surface area contributed by atoms with Gasteiger partial charge in [-0.1, -0.05) is 6.92 Å². The number of nitrogens with zero attached hydrogens (tertiary/aromatic N) is 1. The first-order valence-electron chi connectivity index (χ1n) is 4.96. The quantitative estimate of drug-likeness (QED) is 0.297. The second-order valence-electron chi connectivity index (χ2n) is 3.55. The highest BCUT2D eigenvalue weighted by atomic mass is 16.3. The minimum Gasteiger partial charge on any atom is -0.395 e. The van der Waals surface area contributed by atoms with E-state index in [0.29, 0.717) is 6.42 Å². The van der Waals surface area contributed by atoms with E-state index >= 15 is 0 Å². The Morgan fingerprint density at radius 1 is 1.00 bits per heavy atom. The zero-order valence-corrected chi connectivity index (χ0v) is 9.00. The van der Waals surface area contributed by atoms with Gasteiger partial charge in [-0.2, -0.15) is 0 Å². The van der Waals surface area contributed by atoms with Gasteiger partial charge >= 0.3 is 0 Å². The monoisotopic (exact) mass is 223 g/mol. The van der Waals surface area contributed by atoms with E-state index in [4.69, 9.17) is 25.5 Å². The summed E-state index contributed by atoms with van der Waals surface area (Å²) in [6.07, 6.45) is 0.540. The molecule has 6 heteroatoms. The third-order valence-corrected chi connectivity index (χ3v) is 2.77. The lowest BCUT2D eigenvalue weighted by Gasteiger charge is -2.42. The highest BCUT2D eigenvalue weighted by Gasteiger charge is 2.38. The van der Waals surface area contributed by atoms with Gasteiger partial charge in [-0.15, -0.1) is 0 Å². The van der Waals surface area contributed by atoms with Crippen LogP contribution in [-0.4, -0.2) is 75.2 Å². The van der Waals surface area contributed by atoms with Gasteiger partial charge in [-0.25, -0.2) is 0 Å². The molecule has 0 aromatic rings. The molecule has 0 aliphatic carbocycles. The lowest BCUT2D eigenvalue weighted by Crippen LogP contribution is -2.61. The van der Waals surface area contributed by atoms with Crippen LogP contribution >= 0.6 is 0 Å². The molecule has 0 heterocycles. The van der Waals surface area contributed by atoms with Crippen molar-refractivity contribution in [2.45, 2.75) is 24.9 Å². The predicted octanol–water partition coefficient (Wildman–Crippen LogP) is -2.28. The molecule has 0 aromatic carbocycles. The molecule has 0 amide bonds. The molecule has 5 N–H and O–H groups in total. The summed E-state index contributed by atoms with van der Waals surface area (Å²) < 4.78 is 0. The van der Waals surface area contributed by atoms with Crippen molar-refractivity contribution in [1.82, 2.24) is 4.90 Å². The fraction of sp³-hybridized carbons (Fsp3) is 1.00. The topological polar surface area (TPSA) is 104 Å². The van der Waals surface area contributed by atoms with Crippen LogP contribution in [0, 0.1) is 0 Å². The maximum absolute atomic E-state index is 9.17. The Balaban J connectivity index is 4.86. The molecule has 1 unspecified atom stereocenters. The lowest BCUT2D eigenvalue weighted by atomic mass is 9.98. The largest absolute Gasteiger partial charge is 0.395 e. The minimum atomic E-state index is -1.29. The van der Waals surface area contributed by atoms with Crippen molar-refractivity contribution in [3.05, 3.63) is 0 Å². The van der Waals surface area contributed by atoms with Crippen LogP contribution in [0.2, 0.25) is 0 Å². The average Bonchev–Trinajstić information content (AvgIpc) is 2.30. The zero-order chi connectivity index (χ0) is 11.9. The molecule has 92 valence electrons. The summed E-state index contributed by atoms with van der Waals surface area (Å²) in [4.78, 5) is 1.31. The maximum atomic E-state index is 9.17. The van der Waals surface area contributed by atoms with E-state index in [1.54, 1.807) is 6.92 Å². The SMILES string of the molecule is CCC(CO)N(CO)C(CO)(CO)CO. The average molecular weight is 223 g/mol. The highest BCUT2D eigenvalue weighted by molar-refractivity contribution is 4.91. The van der Waals surface area contributed by atoms with Gasteiger partial charge in [0, 0.05) is 6.04 Å². The molecule has 0 aliphatic heterocycles. The van der Waals surface area contributed by atoms with Crippen molar-refractivity contribution < 1.29 is 25.5 Å². The van der Waals surface area contributed by atoms with E-state index in [9.17, 15) is 0 Å². The Morgan fingerprint density at radius 2 is 1.47 bits per heavy atom. The number of aliphatic hydroxyl groups is 5. The maximum Gasteiger partial charge on any atom is 0.0966 e. The Hall–Kier alpha value is -0.240. The number of aliphatic hydroxyl groups excluding tert-OH is 5. The van der Waals surface area contributed by atoms with Crippen LogP contribution in [0.3, 0.4) is 0 Å². The van der Waals surface area contributed by atoms with Crippen LogP contribution in [-0.2, 0) is 0 Å². The van der Waals surface area contributed by atoms with Crippen LogP contribution in [0.4, 0.5) is 0 Å². The van der Waals surface area contributed by atoms with E-state index < -0.39 is 38.1 Å². The molecular weight excluding hydrogens is 202 g/mol. The van der Waals surface area contributed by atoms with Crippen LogP contribution in [0.1, 0.15) is 13.3 Å². The first kappa shape index (κ1) is 14.8. The summed E-state index contributed by atoms with van der Waals surface area (Å²) in [5, 5.41) is 45.7. The van der Waals surface area contributed by atoms with Crippen molar-refractivity contribution in [1.29, 1.82) is 0 Å². The second kappa shape index (κ2) is 7.10. The summed E-state index contributed by atoms with van der Waals surface area (Å²) in [6.45, 7) is -0.314. The molecule has 6 nitrogen and oxygen atoms in total. The van der Waals surface area contributed by atoms with Gasteiger partial charge < -0.3 is 25.5 Å². The second-order valence-corrected chi connectivity index (χ2v) is 3.55. The summed E-state index contributed by atoms with van der Waals surface area (Å²) in [5.41, 5.74) is -1.29. The molecule has 0 rings (SSSR count). The molecular formula is C9H21NO5. The molecule has 0 saturated heterocycles. The highest BCUT2D eigenvalue weighted by Crippen LogP contribution is 2.18. The summed E-state index contributed by atoms with van der Waals surface area (Å²) >= 11 is 0.